The molecule has 0 aliphatic heterocycles. The van der Waals surface area contributed by atoms with Gasteiger partial charge in [0.2, 0.25) is 0 Å². The topological polar surface area (TPSA) is 149 Å². The van der Waals surface area contributed by atoms with Crippen molar-refractivity contribution in [3.63, 3.8) is 0 Å². The van der Waals surface area contributed by atoms with Gasteiger partial charge in [-0.3, -0.25) is 4.79 Å². The maximum Gasteiger partial charge on any atom is 0.354 e. The normalized spacial score (nSPS) is 15.3. The number of nitrogens with one attached hydrogen (secondary N) is 1. The summed E-state index contributed by atoms with van der Waals surface area (Å²) in [5.74, 6) is -2.16. The molecule has 0 bridgehead atoms. The number of nitrogens with zero attached hydrogens (tertiary/aromatic N) is 3. The molecule has 1 aliphatic carbocycles. The molecule has 1 aromatic carbocycles. The van der Waals surface area contributed by atoms with Gasteiger partial charge in [-0.1, -0.05) is 6.07 Å². The third-order valence-corrected chi connectivity index (χ3v) is 5.57. The quantitative estimate of drug-likeness (QED) is 0.513. The van der Waals surface area contributed by atoms with Crippen molar-refractivity contribution in [3.05, 3.63) is 58.0 Å². The number of carbonyl (C=O) groups excluding carboxylic acids is 2. The number of anilines is 1. The number of carbonyl (C=O) groups is 3. The molecular formula is C23H25N5O5. The predicted octanol–water partition coefficient (Wildman–Crippen LogP) is 2.69. The average molecular weight is 451 g/mol. The number of nitrogens with two attached hydrogens (primary N) is 1. The molecule has 1 amide bonds. The highest BCUT2D eigenvalue weighted by Crippen LogP contribution is 2.35. The van der Waals surface area contributed by atoms with Gasteiger partial charge in [0.05, 0.1) is 23.5 Å². The minimum Gasteiger partial charge on any atom is -0.477 e. The van der Waals surface area contributed by atoms with Crippen molar-refractivity contribution in [2.75, 3.05) is 5.73 Å². The Morgan fingerprint density at radius 2 is 2.00 bits per heavy atom. The van der Waals surface area contributed by atoms with Gasteiger partial charge in [0.25, 0.3) is 5.91 Å². The van der Waals surface area contributed by atoms with Crippen LogP contribution in [-0.2, 0) is 11.2 Å². The molecule has 3 aromatic rings. The number of nitrogen functional groups attached to an aromatic ring is 1. The van der Waals surface area contributed by atoms with Crippen LogP contribution in [0.4, 0.5) is 5.69 Å². The summed E-state index contributed by atoms with van der Waals surface area (Å²) in [6.07, 6.45) is 2.61. The first kappa shape index (κ1) is 22.3. The summed E-state index contributed by atoms with van der Waals surface area (Å²) >= 11 is 0. The van der Waals surface area contributed by atoms with Crippen molar-refractivity contribution in [1.29, 1.82) is 0 Å². The van der Waals surface area contributed by atoms with Gasteiger partial charge in [-0.05, 0) is 63.3 Å². The van der Waals surface area contributed by atoms with Crippen LogP contribution >= 0.6 is 0 Å². The standard InChI is InChI=1S/C23H25N5O5/c1-11-12-7-8-16(14(12)6-5-13(11)22(32)33-23(2,3)4)27-20(29)17-9-18(21(30)31)28-19(26-17)15(24)10-25-28/h5-6,9-10,16H,7-8,24H2,1-4H3,(H,27,29)(H,30,31)/t16-/m0/s1. The van der Waals surface area contributed by atoms with Gasteiger partial charge in [0, 0.05) is 6.07 Å². The monoisotopic (exact) mass is 451 g/mol. The minimum absolute atomic E-state index is 0.0670. The molecule has 0 unspecified atom stereocenters. The lowest BCUT2D eigenvalue weighted by Crippen LogP contribution is -2.29. The van der Waals surface area contributed by atoms with Gasteiger partial charge in [0.1, 0.15) is 11.3 Å². The highest BCUT2D eigenvalue weighted by molar-refractivity contribution is 5.97. The van der Waals surface area contributed by atoms with Crippen LogP contribution in [-0.4, -0.2) is 43.2 Å². The second-order valence-electron chi connectivity index (χ2n) is 9.04. The summed E-state index contributed by atoms with van der Waals surface area (Å²) < 4.78 is 6.58. The van der Waals surface area contributed by atoms with Crippen LogP contribution in [0.25, 0.3) is 5.65 Å². The van der Waals surface area contributed by atoms with Crippen molar-refractivity contribution in [2.24, 2.45) is 0 Å². The van der Waals surface area contributed by atoms with Gasteiger partial charge in [0.15, 0.2) is 11.3 Å². The van der Waals surface area contributed by atoms with Crippen LogP contribution in [0.15, 0.2) is 24.4 Å². The predicted molar refractivity (Wildman–Crippen MR) is 119 cm³/mol. The number of aromatic nitrogens is 3. The SMILES string of the molecule is Cc1c(C(=O)OC(C)(C)C)ccc2c1CC[C@@H]2NC(=O)c1cc(C(=O)O)n2ncc(N)c2n1. The highest BCUT2D eigenvalue weighted by Gasteiger charge is 2.30. The number of hydrogen-bond acceptors (Lipinski definition) is 7. The summed E-state index contributed by atoms with van der Waals surface area (Å²) in [7, 11) is 0. The third-order valence-electron chi connectivity index (χ3n) is 5.57. The van der Waals surface area contributed by atoms with E-state index in [2.05, 4.69) is 15.4 Å². The number of carboxylic acids is 1. The fraction of sp³-hybridized carbons (Fsp3) is 0.348. The molecule has 4 N–H and O–H groups in total. The molecule has 2 heterocycles. The Kier molecular flexibility index (Phi) is 5.31. The maximum atomic E-state index is 13.0. The lowest BCUT2D eigenvalue weighted by molar-refractivity contribution is 0.00682. The largest absolute Gasteiger partial charge is 0.477 e. The molecular weight excluding hydrogens is 426 g/mol. The van der Waals surface area contributed by atoms with Crippen LogP contribution in [0.1, 0.15) is 81.3 Å². The van der Waals surface area contributed by atoms with Crippen molar-refractivity contribution in [2.45, 2.75) is 52.2 Å². The van der Waals surface area contributed by atoms with Crippen molar-refractivity contribution in [3.8, 4) is 0 Å². The molecule has 2 aromatic heterocycles. The molecule has 1 aliphatic rings. The summed E-state index contributed by atoms with van der Waals surface area (Å²) in [5.41, 5.74) is 8.47. The summed E-state index contributed by atoms with van der Waals surface area (Å²) in [6.45, 7) is 7.33. The van der Waals surface area contributed by atoms with Crippen molar-refractivity contribution < 1.29 is 24.2 Å². The first-order valence-electron chi connectivity index (χ1n) is 10.5. The van der Waals surface area contributed by atoms with Gasteiger partial charge in [-0.2, -0.15) is 5.10 Å². The van der Waals surface area contributed by atoms with E-state index in [4.69, 9.17) is 10.5 Å². The van der Waals surface area contributed by atoms with Gasteiger partial charge < -0.3 is 20.9 Å². The smallest absolute Gasteiger partial charge is 0.354 e. The van der Waals surface area contributed by atoms with Crippen LogP contribution in [0.2, 0.25) is 0 Å². The number of aromatic carboxylic acids is 1. The van der Waals surface area contributed by atoms with Gasteiger partial charge in [-0.15, -0.1) is 0 Å². The molecule has 1 atom stereocenters. The van der Waals surface area contributed by atoms with E-state index in [-0.39, 0.29) is 34.7 Å². The Hall–Kier alpha value is -3.95. The molecule has 33 heavy (non-hydrogen) atoms. The molecule has 0 radical (unpaired) electrons. The zero-order valence-electron chi connectivity index (χ0n) is 18.8. The second-order valence-corrected chi connectivity index (χ2v) is 9.04. The zero-order valence-corrected chi connectivity index (χ0v) is 18.8. The minimum atomic E-state index is -1.25. The van der Waals surface area contributed by atoms with Crippen LogP contribution < -0.4 is 11.1 Å². The molecule has 4 rings (SSSR count). The second kappa shape index (κ2) is 7.88. The zero-order chi connectivity index (χ0) is 24.1. The summed E-state index contributed by atoms with van der Waals surface area (Å²) in [6, 6.07) is 4.41. The molecule has 0 saturated carbocycles. The molecule has 0 saturated heterocycles. The third kappa shape index (κ3) is 4.11. The van der Waals surface area contributed by atoms with E-state index >= 15 is 0 Å². The van der Waals surface area contributed by atoms with E-state index in [0.717, 1.165) is 21.2 Å². The number of benzene rings is 1. The Labute approximate surface area is 189 Å². The van der Waals surface area contributed by atoms with Crippen molar-refractivity contribution >= 4 is 29.2 Å². The summed E-state index contributed by atoms with van der Waals surface area (Å²) in [4.78, 5) is 41.3. The van der Waals surface area contributed by atoms with E-state index in [1.54, 1.807) is 6.07 Å². The van der Waals surface area contributed by atoms with Crippen molar-refractivity contribution in [1.82, 2.24) is 19.9 Å². The Morgan fingerprint density at radius 3 is 2.67 bits per heavy atom. The number of hydrogen-bond donors (Lipinski definition) is 3. The maximum absolute atomic E-state index is 13.0. The first-order chi connectivity index (χ1) is 15.5. The number of rotatable bonds is 4. The summed E-state index contributed by atoms with van der Waals surface area (Å²) in [5, 5.41) is 16.3. The average Bonchev–Trinajstić information content (AvgIpc) is 3.30. The van der Waals surface area contributed by atoms with Crippen LogP contribution in [0.3, 0.4) is 0 Å². The highest BCUT2D eigenvalue weighted by atomic mass is 16.6. The van der Waals surface area contributed by atoms with E-state index in [9.17, 15) is 19.5 Å². The fourth-order valence-corrected chi connectivity index (χ4v) is 4.07. The molecule has 172 valence electrons. The van der Waals surface area contributed by atoms with Crippen LogP contribution in [0, 0.1) is 6.92 Å². The number of fused-ring (bicyclic) bond motifs is 2. The number of ether oxygens (including phenoxy) is 1. The van der Waals surface area contributed by atoms with E-state index in [1.165, 1.54) is 12.3 Å². The Balaban J connectivity index is 1.61. The van der Waals surface area contributed by atoms with E-state index in [0.29, 0.717) is 18.4 Å². The lowest BCUT2D eigenvalue weighted by Gasteiger charge is -2.21. The van der Waals surface area contributed by atoms with Gasteiger partial charge >= 0.3 is 11.9 Å². The molecule has 0 fully saturated rings. The number of carboxylic acid groups (broad SMARTS) is 1. The van der Waals surface area contributed by atoms with E-state index in [1.807, 2.05) is 33.8 Å². The number of amides is 1. The Morgan fingerprint density at radius 1 is 1.27 bits per heavy atom. The lowest BCUT2D eigenvalue weighted by atomic mass is 9.97. The Bertz CT molecular complexity index is 1300. The molecule has 0 spiro atoms. The fourth-order valence-electron chi connectivity index (χ4n) is 4.07. The molecule has 10 heteroatoms. The van der Waals surface area contributed by atoms with E-state index < -0.39 is 17.5 Å². The van der Waals surface area contributed by atoms with Gasteiger partial charge in [-0.25, -0.2) is 19.1 Å². The van der Waals surface area contributed by atoms with Crippen LogP contribution in [0.5, 0.6) is 0 Å². The number of esters is 1. The first-order valence-corrected chi connectivity index (χ1v) is 10.5. The molecule has 10 nitrogen and oxygen atoms in total.